The van der Waals surface area contributed by atoms with Crippen molar-refractivity contribution in [1.29, 1.82) is 0 Å². The third kappa shape index (κ3) is 0.796. The number of likely N-dealkylation sites (N-methyl/N-ethyl adjacent to an activating group) is 2. The summed E-state index contributed by atoms with van der Waals surface area (Å²) < 4.78 is 4.40. The summed E-state index contributed by atoms with van der Waals surface area (Å²) in [5.41, 5.74) is 0. The molecule has 2 fully saturated rings. The van der Waals surface area contributed by atoms with Crippen LogP contribution in [0.4, 0.5) is 4.79 Å². The number of ether oxygens (including phenoxy) is 1. The van der Waals surface area contributed by atoms with Crippen molar-refractivity contribution in [3.8, 4) is 0 Å². The second-order valence-corrected chi connectivity index (χ2v) is 3.13. The molecule has 0 radical (unpaired) electrons. The minimum atomic E-state index is -0.759. The Balaban J connectivity index is 2.41. The van der Waals surface area contributed by atoms with Gasteiger partial charge in [-0.1, -0.05) is 0 Å². The van der Waals surface area contributed by atoms with E-state index in [2.05, 4.69) is 4.74 Å². The maximum absolute atomic E-state index is 11.3. The zero-order valence-corrected chi connectivity index (χ0v) is 7.18. The van der Waals surface area contributed by atoms with Crippen LogP contribution < -0.4 is 0 Å². The molecule has 0 aromatic heterocycles. The smallest absolute Gasteiger partial charge is 0.339 e. The Morgan fingerprint density at radius 2 is 1.38 bits per heavy atom. The Kier molecular flexibility index (Phi) is 1.37. The summed E-state index contributed by atoms with van der Waals surface area (Å²) in [7, 11) is 2.95. The van der Waals surface area contributed by atoms with Crippen LogP contribution >= 0.6 is 0 Å². The first-order valence-electron chi connectivity index (χ1n) is 3.79. The molecule has 0 aliphatic carbocycles. The largest absolute Gasteiger partial charge is 0.390 e. The van der Waals surface area contributed by atoms with Gasteiger partial charge in [0.05, 0.1) is 0 Å². The van der Waals surface area contributed by atoms with Gasteiger partial charge in [0.1, 0.15) is 0 Å². The van der Waals surface area contributed by atoms with Gasteiger partial charge < -0.3 is 14.5 Å². The molecule has 0 bridgehead atoms. The molecule has 0 aromatic rings. The first-order valence-corrected chi connectivity index (χ1v) is 3.79. The third-order valence-corrected chi connectivity index (χ3v) is 2.42. The zero-order chi connectivity index (χ0) is 9.75. The summed E-state index contributed by atoms with van der Waals surface area (Å²) in [4.78, 5) is 36.0. The number of cyclic esters (lactones) is 2. The number of nitrogens with zero attached hydrogens (tertiary/aromatic N) is 2. The molecule has 6 heteroatoms. The molecule has 0 N–H and O–H groups in total. The van der Waals surface area contributed by atoms with Crippen LogP contribution in [0.3, 0.4) is 0 Å². The average Bonchev–Trinajstić information content (AvgIpc) is 2.47. The van der Waals surface area contributed by atoms with E-state index >= 15 is 0 Å². The molecule has 0 aromatic carbocycles. The highest BCUT2D eigenvalue weighted by molar-refractivity contribution is 6.06. The Hall–Kier alpha value is -1.59. The second-order valence-electron chi connectivity index (χ2n) is 3.13. The molecule has 2 saturated heterocycles. The number of urea groups is 1. The van der Waals surface area contributed by atoms with Crippen LogP contribution in [0.2, 0.25) is 0 Å². The van der Waals surface area contributed by atoms with Crippen LogP contribution in [-0.4, -0.2) is 53.9 Å². The monoisotopic (exact) mass is 184 g/mol. The second kappa shape index (κ2) is 2.21. The van der Waals surface area contributed by atoms with Crippen LogP contribution in [0.5, 0.6) is 0 Å². The van der Waals surface area contributed by atoms with Crippen molar-refractivity contribution < 1.29 is 19.1 Å². The van der Waals surface area contributed by atoms with E-state index in [1.54, 1.807) is 0 Å². The summed E-state index contributed by atoms with van der Waals surface area (Å²) in [6.07, 6.45) is 0. The maximum Gasteiger partial charge on any atom is 0.339 e. The van der Waals surface area contributed by atoms with Gasteiger partial charge in [-0.15, -0.1) is 0 Å². The molecule has 6 nitrogen and oxygen atoms in total. The van der Waals surface area contributed by atoms with Crippen LogP contribution in [0.15, 0.2) is 0 Å². The number of fused-ring (bicyclic) bond motifs is 1. The highest BCUT2D eigenvalue weighted by atomic mass is 16.6. The molecule has 2 aliphatic heterocycles. The van der Waals surface area contributed by atoms with Crippen LogP contribution in [0.25, 0.3) is 0 Å². The predicted octanol–water partition coefficient (Wildman–Crippen LogP) is -1.20. The lowest BCUT2D eigenvalue weighted by Gasteiger charge is -2.12. The number of rotatable bonds is 0. The molecule has 2 amide bonds. The first kappa shape index (κ1) is 8.03. The van der Waals surface area contributed by atoms with E-state index in [0.29, 0.717) is 0 Å². The standard InChI is InChI=1S/C7H8N2O4/c1-8-3-4(9(2)7(8)12)6(11)13-5(3)10/h3-4H,1-2H3. The summed E-state index contributed by atoms with van der Waals surface area (Å²) >= 11 is 0. The van der Waals surface area contributed by atoms with E-state index in [-0.39, 0.29) is 6.03 Å². The molecular formula is C7H8N2O4. The van der Waals surface area contributed by atoms with Gasteiger partial charge in [0.2, 0.25) is 0 Å². The summed E-state index contributed by atoms with van der Waals surface area (Å²) in [5, 5.41) is 0. The van der Waals surface area contributed by atoms with Gasteiger partial charge in [-0.3, -0.25) is 0 Å². The lowest BCUT2D eigenvalue weighted by atomic mass is 10.1. The average molecular weight is 184 g/mol. The van der Waals surface area contributed by atoms with E-state index in [4.69, 9.17) is 0 Å². The van der Waals surface area contributed by atoms with Gasteiger partial charge in [-0.2, -0.15) is 0 Å². The highest BCUT2D eigenvalue weighted by Gasteiger charge is 2.57. The lowest BCUT2D eigenvalue weighted by Crippen LogP contribution is -2.37. The fourth-order valence-electron chi connectivity index (χ4n) is 1.70. The van der Waals surface area contributed by atoms with Crippen molar-refractivity contribution in [2.75, 3.05) is 14.1 Å². The number of hydrogen-bond acceptors (Lipinski definition) is 4. The quantitative estimate of drug-likeness (QED) is 0.350. The summed E-state index contributed by atoms with van der Waals surface area (Å²) in [6, 6.07) is -1.85. The number of carbonyl (C=O) groups excluding carboxylic acids is 3. The Labute approximate surface area is 74.0 Å². The molecule has 13 heavy (non-hydrogen) atoms. The van der Waals surface area contributed by atoms with Gasteiger partial charge in [0.25, 0.3) is 0 Å². The predicted molar refractivity (Wildman–Crippen MR) is 39.6 cm³/mol. The number of amides is 2. The number of hydrogen-bond donors (Lipinski definition) is 0. The number of carbonyl (C=O) groups is 3. The van der Waals surface area contributed by atoms with Crippen molar-refractivity contribution in [3.63, 3.8) is 0 Å². The van der Waals surface area contributed by atoms with Gasteiger partial charge >= 0.3 is 18.0 Å². The van der Waals surface area contributed by atoms with Crippen molar-refractivity contribution in [3.05, 3.63) is 0 Å². The molecule has 2 heterocycles. The van der Waals surface area contributed by atoms with Crippen molar-refractivity contribution >= 4 is 18.0 Å². The highest BCUT2D eigenvalue weighted by Crippen LogP contribution is 2.26. The Bertz CT molecular complexity index is 286. The van der Waals surface area contributed by atoms with Gasteiger partial charge in [-0.05, 0) is 0 Å². The molecule has 2 unspecified atom stereocenters. The van der Waals surface area contributed by atoms with Crippen molar-refractivity contribution in [2.24, 2.45) is 0 Å². The minimum Gasteiger partial charge on any atom is -0.390 e. The fourth-order valence-corrected chi connectivity index (χ4v) is 1.70. The van der Waals surface area contributed by atoms with Crippen LogP contribution in [-0.2, 0) is 14.3 Å². The van der Waals surface area contributed by atoms with E-state index in [1.165, 1.54) is 23.9 Å². The van der Waals surface area contributed by atoms with Gasteiger partial charge in [0, 0.05) is 14.1 Å². The van der Waals surface area contributed by atoms with Gasteiger partial charge in [-0.25, -0.2) is 14.4 Å². The van der Waals surface area contributed by atoms with E-state index in [1.807, 2.05) is 0 Å². The van der Waals surface area contributed by atoms with Crippen molar-refractivity contribution in [2.45, 2.75) is 12.1 Å². The molecule has 2 aliphatic rings. The molecule has 2 atom stereocenters. The topological polar surface area (TPSA) is 66.9 Å². The Morgan fingerprint density at radius 3 is 1.77 bits per heavy atom. The molecule has 2 rings (SSSR count). The third-order valence-electron chi connectivity index (χ3n) is 2.42. The molecule has 70 valence electrons. The SMILES string of the molecule is CN1C(=O)N(C)C2C(=O)OC(=O)C21. The fraction of sp³-hybridized carbons (Fsp3) is 0.571. The summed E-state index contributed by atoms with van der Waals surface area (Å²) in [6.45, 7) is 0. The van der Waals surface area contributed by atoms with Crippen LogP contribution in [0.1, 0.15) is 0 Å². The van der Waals surface area contributed by atoms with E-state index in [0.717, 1.165) is 0 Å². The lowest BCUT2D eigenvalue weighted by molar-refractivity contribution is -0.154. The van der Waals surface area contributed by atoms with Gasteiger partial charge in [0.15, 0.2) is 12.1 Å². The van der Waals surface area contributed by atoms with Crippen molar-refractivity contribution in [1.82, 2.24) is 9.80 Å². The van der Waals surface area contributed by atoms with Crippen LogP contribution in [0, 0.1) is 0 Å². The van der Waals surface area contributed by atoms with E-state index in [9.17, 15) is 14.4 Å². The maximum atomic E-state index is 11.3. The molecule has 0 spiro atoms. The summed E-state index contributed by atoms with van der Waals surface area (Å²) in [5.74, 6) is -1.29. The van der Waals surface area contributed by atoms with E-state index < -0.39 is 24.0 Å². The minimum absolute atomic E-state index is 0.333. The molecule has 0 saturated carbocycles. The molecular weight excluding hydrogens is 176 g/mol. The normalized spacial score (nSPS) is 32.6. The zero-order valence-electron chi connectivity index (χ0n) is 7.18. The number of esters is 2. The Morgan fingerprint density at radius 1 is 1.00 bits per heavy atom. The first-order chi connectivity index (χ1) is 6.04.